The molecule has 32 heavy (non-hydrogen) atoms. The van der Waals surface area contributed by atoms with Crippen molar-refractivity contribution in [2.24, 2.45) is 0 Å². The van der Waals surface area contributed by atoms with Crippen LogP contribution in [-0.2, 0) is 6.61 Å². The van der Waals surface area contributed by atoms with Crippen LogP contribution in [0.15, 0.2) is 71.2 Å². The molecule has 1 aromatic heterocycles. The number of ether oxygens (including phenoxy) is 1. The molecule has 1 amide bonds. The van der Waals surface area contributed by atoms with Crippen LogP contribution < -0.4 is 10.1 Å². The van der Waals surface area contributed by atoms with E-state index in [1.54, 1.807) is 12.1 Å². The Kier molecular flexibility index (Phi) is 6.72. The van der Waals surface area contributed by atoms with Crippen LogP contribution in [0, 0.1) is 20.8 Å². The van der Waals surface area contributed by atoms with Gasteiger partial charge >= 0.3 is 0 Å². The predicted molar refractivity (Wildman–Crippen MR) is 135 cm³/mol. The van der Waals surface area contributed by atoms with Crippen molar-refractivity contribution in [3.05, 3.63) is 98.3 Å². The number of aromatic nitrogens is 1. The van der Waals surface area contributed by atoms with E-state index in [0.29, 0.717) is 17.3 Å². The van der Waals surface area contributed by atoms with E-state index < -0.39 is 0 Å². The van der Waals surface area contributed by atoms with Crippen molar-refractivity contribution in [2.75, 3.05) is 5.32 Å². The molecule has 1 heterocycles. The van der Waals surface area contributed by atoms with Gasteiger partial charge in [0, 0.05) is 16.0 Å². The van der Waals surface area contributed by atoms with Gasteiger partial charge < -0.3 is 4.74 Å². The molecule has 3 aromatic carbocycles. The first kappa shape index (κ1) is 22.2. The van der Waals surface area contributed by atoms with Crippen molar-refractivity contribution in [1.82, 2.24) is 4.98 Å². The first-order valence-electron chi connectivity index (χ1n) is 10.2. The first-order chi connectivity index (χ1) is 15.4. The SMILES string of the molecule is Cc1ccc(-c2nc(NC(=O)c3ccc(COc4ccccc4Br)cc3)sc2C)cc1C. The second kappa shape index (κ2) is 9.67. The zero-order valence-corrected chi connectivity index (χ0v) is 20.5. The summed E-state index contributed by atoms with van der Waals surface area (Å²) in [4.78, 5) is 18.5. The number of carbonyl (C=O) groups excluding carboxylic acids is 1. The van der Waals surface area contributed by atoms with Gasteiger partial charge in [-0.05, 0) is 83.7 Å². The monoisotopic (exact) mass is 506 g/mol. The molecule has 0 atom stereocenters. The predicted octanol–water partition coefficient (Wildman–Crippen LogP) is 7.33. The quantitative estimate of drug-likeness (QED) is 0.297. The van der Waals surface area contributed by atoms with Crippen molar-refractivity contribution >= 4 is 38.3 Å². The topological polar surface area (TPSA) is 51.2 Å². The molecule has 4 aromatic rings. The molecule has 0 spiro atoms. The Morgan fingerprint density at radius 2 is 1.75 bits per heavy atom. The average Bonchev–Trinajstić information content (AvgIpc) is 3.15. The van der Waals surface area contributed by atoms with E-state index in [4.69, 9.17) is 4.74 Å². The molecule has 162 valence electrons. The van der Waals surface area contributed by atoms with Crippen molar-refractivity contribution in [2.45, 2.75) is 27.4 Å². The summed E-state index contributed by atoms with van der Waals surface area (Å²) in [6, 6.07) is 21.4. The number of hydrogen-bond acceptors (Lipinski definition) is 4. The van der Waals surface area contributed by atoms with Gasteiger partial charge in [-0.25, -0.2) is 4.98 Å². The number of hydrogen-bond donors (Lipinski definition) is 1. The van der Waals surface area contributed by atoms with Crippen LogP contribution in [0.25, 0.3) is 11.3 Å². The summed E-state index contributed by atoms with van der Waals surface area (Å²) < 4.78 is 6.75. The highest BCUT2D eigenvalue weighted by molar-refractivity contribution is 9.10. The summed E-state index contributed by atoms with van der Waals surface area (Å²) in [7, 11) is 0. The third-order valence-electron chi connectivity index (χ3n) is 5.24. The maximum absolute atomic E-state index is 12.7. The number of amides is 1. The van der Waals surface area contributed by atoms with Gasteiger partial charge in [-0.2, -0.15) is 0 Å². The Morgan fingerprint density at radius 1 is 1.00 bits per heavy atom. The second-order valence-corrected chi connectivity index (χ2v) is 9.65. The number of nitrogens with zero attached hydrogens (tertiary/aromatic N) is 1. The third-order valence-corrected chi connectivity index (χ3v) is 6.79. The van der Waals surface area contributed by atoms with Gasteiger partial charge in [-0.3, -0.25) is 10.1 Å². The Balaban J connectivity index is 1.42. The Labute approximate surface area is 200 Å². The van der Waals surface area contributed by atoms with Gasteiger partial charge in [0.2, 0.25) is 0 Å². The van der Waals surface area contributed by atoms with Crippen LogP contribution in [0.1, 0.15) is 31.9 Å². The number of carbonyl (C=O) groups is 1. The zero-order chi connectivity index (χ0) is 22.7. The molecule has 0 aliphatic heterocycles. The number of aryl methyl sites for hydroxylation is 3. The van der Waals surface area contributed by atoms with Gasteiger partial charge in [0.1, 0.15) is 12.4 Å². The fraction of sp³-hybridized carbons (Fsp3) is 0.154. The highest BCUT2D eigenvalue weighted by Gasteiger charge is 2.14. The lowest BCUT2D eigenvalue weighted by atomic mass is 10.0. The van der Waals surface area contributed by atoms with Gasteiger partial charge in [-0.1, -0.05) is 36.4 Å². The zero-order valence-electron chi connectivity index (χ0n) is 18.1. The van der Waals surface area contributed by atoms with E-state index in [1.807, 2.05) is 43.3 Å². The van der Waals surface area contributed by atoms with Crippen LogP contribution in [0.4, 0.5) is 5.13 Å². The van der Waals surface area contributed by atoms with Crippen molar-refractivity contribution < 1.29 is 9.53 Å². The van der Waals surface area contributed by atoms with Gasteiger partial charge in [0.25, 0.3) is 5.91 Å². The number of nitrogens with one attached hydrogen (secondary N) is 1. The van der Waals surface area contributed by atoms with Crippen molar-refractivity contribution in [3.63, 3.8) is 0 Å². The number of rotatable bonds is 6. The molecule has 0 aliphatic carbocycles. The highest BCUT2D eigenvalue weighted by atomic mass is 79.9. The van der Waals surface area contributed by atoms with E-state index >= 15 is 0 Å². The molecule has 4 rings (SSSR count). The summed E-state index contributed by atoms with van der Waals surface area (Å²) in [5.41, 5.74) is 6.02. The fourth-order valence-electron chi connectivity index (χ4n) is 3.25. The van der Waals surface area contributed by atoms with Crippen LogP contribution in [0.3, 0.4) is 0 Å². The maximum atomic E-state index is 12.7. The number of benzene rings is 3. The van der Waals surface area contributed by atoms with Gasteiger partial charge in [0.15, 0.2) is 5.13 Å². The largest absolute Gasteiger partial charge is 0.488 e. The summed E-state index contributed by atoms with van der Waals surface area (Å²) in [6.07, 6.45) is 0. The number of halogens is 1. The minimum absolute atomic E-state index is 0.177. The molecular weight excluding hydrogens is 484 g/mol. The van der Waals surface area contributed by atoms with E-state index in [1.165, 1.54) is 22.5 Å². The Bertz CT molecular complexity index is 1270. The smallest absolute Gasteiger partial charge is 0.257 e. The van der Waals surface area contributed by atoms with E-state index in [0.717, 1.165) is 31.9 Å². The molecule has 6 heteroatoms. The molecule has 0 aliphatic rings. The summed E-state index contributed by atoms with van der Waals surface area (Å²) in [5, 5.41) is 3.53. The minimum Gasteiger partial charge on any atom is -0.488 e. The van der Waals surface area contributed by atoms with Crippen molar-refractivity contribution in [3.8, 4) is 17.0 Å². The average molecular weight is 507 g/mol. The molecule has 0 unspecified atom stereocenters. The third kappa shape index (κ3) is 5.09. The highest BCUT2D eigenvalue weighted by Crippen LogP contribution is 2.31. The molecule has 0 bridgehead atoms. The molecule has 0 fully saturated rings. The van der Waals surface area contributed by atoms with E-state index in [2.05, 4.69) is 58.3 Å². The summed E-state index contributed by atoms with van der Waals surface area (Å²) >= 11 is 4.96. The normalized spacial score (nSPS) is 10.8. The Hall–Kier alpha value is -2.96. The number of thiazole rings is 1. The molecule has 0 radical (unpaired) electrons. The van der Waals surface area contributed by atoms with Gasteiger partial charge in [-0.15, -0.1) is 11.3 Å². The maximum Gasteiger partial charge on any atom is 0.257 e. The molecular formula is C26H23BrN2O2S. The molecule has 1 N–H and O–H groups in total. The lowest BCUT2D eigenvalue weighted by Gasteiger charge is -2.08. The van der Waals surface area contributed by atoms with E-state index in [-0.39, 0.29) is 5.91 Å². The standard InChI is InChI=1S/C26H23BrN2O2S/c1-16-8-11-21(14-17(16)2)24-18(3)32-26(28-24)29-25(30)20-12-9-19(10-13-20)15-31-23-7-5-4-6-22(23)27/h4-14H,15H2,1-3H3,(H,28,29,30). The molecule has 0 saturated carbocycles. The molecule has 0 saturated heterocycles. The molecule has 4 nitrogen and oxygen atoms in total. The number of para-hydroxylation sites is 1. The van der Waals surface area contributed by atoms with Crippen LogP contribution in [0.2, 0.25) is 0 Å². The lowest BCUT2D eigenvalue weighted by molar-refractivity contribution is 0.102. The number of anilines is 1. The fourth-order valence-corrected chi connectivity index (χ4v) is 4.48. The van der Waals surface area contributed by atoms with Crippen LogP contribution in [0.5, 0.6) is 5.75 Å². The van der Waals surface area contributed by atoms with Crippen LogP contribution in [-0.4, -0.2) is 10.9 Å². The van der Waals surface area contributed by atoms with E-state index in [9.17, 15) is 4.79 Å². The van der Waals surface area contributed by atoms with Crippen LogP contribution >= 0.6 is 27.3 Å². The van der Waals surface area contributed by atoms with Gasteiger partial charge in [0.05, 0.1) is 10.2 Å². The minimum atomic E-state index is -0.177. The van der Waals surface area contributed by atoms with Crippen molar-refractivity contribution in [1.29, 1.82) is 0 Å². The summed E-state index contributed by atoms with van der Waals surface area (Å²) in [6.45, 7) is 6.64. The Morgan fingerprint density at radius 3 is 2.47 bits per heavy atom. The lowest BCUT2D eigenvalue weighted by Crippen LogP contribution is -2.11. The summed E-state index contributed by atoms with van der Waals surface area (Å²) in [5.74, 6) is 0.608. The second-order valence-electron chi connectivity index (χ2n) is 7.59. The first-order valence-corrected chi connectivity index (χ1v) is 11.8.